The van der Waals surface area contributed by atoms with Crippen LogP contribution in [-0.4, -0.2) is 28.9 Å². The zero-order valence-corrected chi connectivity index (χ0v) is 11.4. The van der Waals surface area contributed by atoms with Gasteiger partial charge in [0.15, 0.2) is 11.6 Å². The molecule has 0 spiro atoms. The van der Waals surface area contributed by atoms with E-state index >= 15 is 0 Å². The van der Waals surface area contributed by atoms with E-state index in [9.17, 15) is 19.8 Å². The first-order chi connectivity index (χ1) is 9.93. The Bertz CT molecular complexity index is 805. The van der Waals surface area contributed by atoms with Crippen molar-refractivity contribution in [1.29, 1.82) is 0 Å². The van der Waals surface area contributed by atoms with Crippen LogP contribution in [-0.2, 0) is 0 Å². The predicted octanol–water partition coefficient (Wildman–Crippen LogP) is 2.19. The molecule has 106 valence electrons. The lowest BCUT2D eigenvalue weighted by Crippen LogP contribution is -2.22. The topological polar surface area (TPSA) is 83.8 Å². The largest absolute Gasteiger partial charge is 0.508 e. The summed E-state index contributed by atoms with van der Waals surface area (Å²) in [5.41, 5.74) is 0.893. The summed E-state index contributed by atoms with van der Waals surface area (Å²) >= 11 is 0. The number of ketones is 2. The second-order valence-electron chi connectivity index (χ2n) is 4.91. The van der Waals surface area contributed by atoms with Crippen LogP contribution >= 0.6 is 0 Å². The number of ether oxygens (including phenoxy) is 1. The molecule has 5 nitrogen and oxygen atoms in total. The number of benzene rings is 2. The summed E-state index contributed by atoms with van der Waals surface area (Å²) in [4.78, 5) is 25.1. The minimum Gasteiger partial charge on any atom is -0.508 e. The summed E-state index contributed by atoms with van der Waals surface area (Å²) in [6, 6.07) is 5.39. The Labute approximate surface area is 120 Å². The third kappa shape index (κ3) is 1.78. The Kier molecular flexibility index (Phi) is 2.73. The van der Waals surface area contributed by atoms with E-state index in [1.165, 1.54) is 31.4 Å². The van der Waals surface area contributed by atoms with Crippen molar-refractivity contribution in [1.82, 2.24) is 0 Å². The first-order valence-electron chi connectivity index (χ1n) is 6.28. The third-order valence-corrected chi connectivity index (χ3v) is 3.59. The summed E-state index contributed by atoms with van der Waals surface area (Å²) in [5, 5.41) is 19.7. The van der Waals surface area contributed by atoms with Crippen molar-refractivity contribution in [3.8, 4) is 17.2 Å². The Morgan fingerprint density at radius 2 is 1.57 bits per heavy atom. The molecule has 2 aromatic carbocycles. The molecule has 0 atom stereocenters. The van der Waals surface area contributed by atoms with Gasteiger partial charge in [-0.25, -0.2) is 0 Å². The molecule has 0 heterocycles. The highest BCUT2D eigenvalue weighted by atomic mass is 16.5. The van der Waals surface area contributed by atoms with Gasteiger partial charge in [-0.1, -0.05) is 0 Å². The minimum absolute atomic E-state index is 0.0258. The van der Waals surface area contributed by atoms with Crippen LogP contribution in [0.2, 0.25) is 0 Å². The van der Waals surface area contributed by atoms with Gasteiger partial charge in [-0.15, -0.1) is 0 Å². The molecule has 0 aromatic heterocycles. The first kappa shape index (κ1) is 13.2. The van der Waals surface area contributed by atoms with Gasteiger partial charge in [0, 0.05) is 22.8 Å². The van der Waals surface area contributed by atoms with E-state index in [1.54, 1.807) is 6.92 Å². The second-order valence-corrected chi connectivity index (χ2v) is 4.91. The smallest absolute Gasteiger partial charge is 0.198 e. The lowest BCUT2D eigenvalue weighted by Gasteiger charge is -2.20. The number of aromatic hydroxyl groups is 2. The van der Waals surface area contributed by atoms with Crippen LogP contribution in [0.4, 0.5) is 0 Å². The number of phenolic OH excluding ortho intramolecular Hbond substituents is 2. The van der Waals surface area contributed by atoms with Crippen LogP contribution in [0.3, 0.4) is 0 Å². The maximum absolute atomic E-state index is 12.6. The summed E-state index contributed by atoms with van der Waals surface area (Å²) in [6.45, 7) is 1.63. The number of carbonyl (C=O) groups excluding carboxylic acids is 2. The highest BCUT2D eigenvalue weighted by Gasteiger charge is 2.34. The Balaban J connectivity index is 2.35. The van der Waals surface area contributed by atoms with Gasteiger partial charge < -0.3 is 14.9 Å². The van der Waals surface area contributed by atoms with E-state index in [0.717, 1.165) is 0 Å². The average molecular weight is 284 g/mol. The average Bonchev–Trinajstić information content (AvgIpc) is 2.43. The Hall–Kier alpha value is -2.82. The maximum atomic E-state index is 12.6. The molecule has 21 heavy (non-hydrogen) atoms. The van der Waals surface area contributed by atoms with Gasteiger partial charge in [0.05, 0.1) is 12.7 Å². The van der Waals surface area contributed by atoms with E-state index in [4.69, 9.17) is 4.74 Å². The van der Waals surface area contributed by atoms with Crippen molar-refractivity contribution in [2.75, 3.05) is 7.11 Å². The number of aryl methyl sites for hydroxylation is 1. The highest BCUT2D eigenvalue weighted by molar-refractivity contribution is 6.30. The summed E-state index contributed by atoms with van der Waals surface area (Å²) in [6.07, 6.45) is 0. The summed E-state index contributed by atoms with van der Waals surface area (Å²) < 4.78 is 5.01. The molecule has 0 radical (unpaired) electrons. The number of hydrogen-bond acceptors (Lipinski definition) is 5. The van der Waals surface area contributed by atoms with Crippen molar-refractivity contribution in [3.63, 3.8) is 0 Å². The standard InChI is InChI=1S/C16H12O5/c1-7-3-8(17)4-10-13(7)16(20)14-11(15(10)19)5-9(21-2)6-12(14)18/h3-6,17-18H,1-2H3. The fourth-order valence-electron chi connectivity index (χ4n) is 2.66. The molecular weight excluding hydrogens is 272 g/mol. The second kappa shape index (κ2) is 4.34. The monoisotopic (exact) mass is 284 g/mol. The van der Waals surface area contributed by atoms with Crippen LogP contribution < -0.4 is 4.74 Å². The fraction of sp³-hybridized carbons (Fsp3) is 0.125. The molecule has 0 unspecified atom stereocenters. The van der Waals surface area contributed by atoms with E-state index in [1.807, 2.05) is 0 Å². The number of methoxy groups -OCH3 is 1. The summed E-state index contributed by atoms with van der Waals surface area (Å²) in [7, 11) is 1.40. The lowest BCUT2D eigenvalue weighted by atomic mass is 9.81. The highest BCUT2D eigenvalue weighted by Crippen LogP contribution is 2.38. The summed E-state index contributed by atoms with van der Waals surface area (Å²) in [5.74, 6) is -0.943. The van der Waals surface area contributed by atoms with Gasteiger partial charge in [-0.05, 0) is 30.7 Å². The molecule has 0 fully saturated rings. The van der Waals surface area contributed by atoms with Gasteiger partial charge in [0.25, 0.3) is 0 Å². The SMILES string of the molecule is COc1cc(O)c2c(c1)C(=O)c1cc(O)cc(C)c1C2=O. The molecule has 0 amide bonds. The molecular formula is C16H12O5. The number of rotatable bonds is 1. The van der Waals surface area contributed by atoms with Crippen molar-refractivity contribution < 1.29 is 24.5 Å². The molecule has 0 saturated heterocycles. The Morgan fingerprint density at radius 3 is 2.24 bits per heavy atom. The molecule has 1 aliphatic rings. The lowest BCUT2D eigenvalue weighted by molar-refractivity contribution is 0.0975. The number of carbonyl (C=O) groups is 2. The zero-order valence-electron chi connectivity index (χ0n) is 11.4. The molecule has 5 heteroatoms. The third-order valence-electron chi connectivity index (χ3n) is 3.59. The van der Waals surface area contributed by atoms with E-state index in [0.29, 0.717) is 5.56 Å². The molecule has 2 N–H and O–H groups in total. The van der Waals surface area contributed by atoms with Gasteiger partial charge in [-0.3, -0.25) is 9.59 Å². The minimum atomic E-state index is -0.433. The quantitative estimate of drug-likeness (QED) is 0.715. The van der Waals surface area contributed by atoms with Gasteiger partial charge >= 0.3 is 0 Å². The Morgan fingerprint density at radius 1 is 0.905 bits per heavy atom. The van der Waals surface area contributed by atoms with Gasteiger partial charge in [0.1, 0.15) is 17.2 Å². The molecule has 1 aliphatic carbocycles. The number of fused-ring (bicyclic) bond motifs is 2. The fourth-order valence-corrected chi connectivity index (χ4v) is 2.66. The van der Waals surface area contributed by atoms with E-state index in [2.05, 4.69) is 0 Å². The van der Waals surface area contributed by atoms with Crippen molar-refractivity contribution in [2.24, 2.45) is 0 Å². The van der Waals surface area contributed by atoms with E-state index in [-0.39, 0.29) is 39.5 Å². The molecule has 3 rings (SSSR count). The molecule has 0 aliphatic heterocycles. The number of phenols is 2. The van der Waals surface area contributed by atoms with Crippen LogP contribution in [0.25, 0.3) is 0 Å². The van der Waals surface area contributed by atoms with Gasteiger partial charge in [-0.2, -0.15) is 0 Å². The van der Waals surface area contributed by atoms with Crippen LogP contribution in [0.1, 0.15) is 37.4 Å². The molecule has 0 saturated carbocycles. The number of hydrogen-bond donors (Lipinski definition) is 2. The molecule has 2 aromatic rings. The van der Waals surface area contributed by atoms with Crippen LogP contribution in [0, 0.1) is 6.92 Å². The van der Waals surface area contributed by atoms with Crippen molar-refractivity contribution in [3.05, 3.63) is 52.1 Å². The van der Waals surface area contributed by atoms with E-state index < -0.39 is 11.6 Å². The van der Waals surface area contributed by atoms with Crippen molar-refractivity contribution in [2.45, 2.75) is 6.92 Å². The van der Waals surface area contributed by atoms with Crippen LogP contribution in [0.15, 0.2) is 24.3 Å². The van der Waals surface area contributed by atoms with Gasteiger partial charge in [0.2, 0.25) is 0 Å². The van der Waals surface area contributed by atoms with Crippen LogP contribution in [0.5, 0.6) is 17.2 Å². The normalized spacial score (nSPS) is 12.9. The first-order valence-corrected chi connectivity index (χ1v) is 6.28. The molecule has 0 bridgehead atoms. The maximum Gasteiger partial charge on any atom is 0.198 e. The van der Waals surface area contributed by atoms with Crippen molar-refractivity contribution >= 4 is 11.6 Å². The zero-order chi connectivity index (χ0) is 15.3. The predicted molar refractivity (Wildman–Crippen MR) is 74.4 cm³/mol.